The molecule has 4 rings (SSSR count). The zero-order valence-electron chi connectivity index (χ0n) is 13.3. The third-order valence-electron chi connectivity index (χ3n) is 5.02. The molecular formula is C20H18ClNO2. The number of rotatable bonds is 2. The van der Waals surface area contributed by atoms with Crippen molar-refractivity contribution in [2.24, 2.45) is 5.92 Å². The van der Waals surface area contributed by atoms with Crippen LogP contribution in [0.3, 0.4) is 0 Å². The first-order chi connectivity index (χ1) is 11.7. The Labute approximate surface area is 146 Å². The highest BCUT2D eigenvalue weighted by molar-refractivity contribution is 6.31. The van der Waals surface area contributed by atoms with Crippen molar-refractivity contribution >= 4 is 23.3 Å². The van der Waals surface area contributed by atoms with Gasteiger partial charge < -0.3 is 10.1 Å². The molecule has 0 spiro atoms. The van der Waals surface area contributed by atoms with Crippen LogP contribution < -0.4 is 5.32 Å². The van der Waals surface area contributed by atoms with E-state index in [2.05, 4.69) is 23.5 Å². The molecule has 1 aliphatic carbocycles. The standard InChI is InChI=1S/C20H18ClNO2/c1-24-20(23)12-9-10-18-16(11-12)13-6-4-7-14(13)19(22-18)15-5-2-3-8-17(15)21/h2-6,8-11,13-14,19,22H,7H2,1H3/t13-,14-,19+/m1/s1. The highest BCUT2D eigenvalue weighted by Crippen LogP contribution is 2.50. The van der Waals surface area contributed by atoms with E-state index >= 15 is 0 Å². The Morgan fingerprint density at radius 2 is 2.04 bits per heavy atom. The number of hydrogen-bond acceptors (Lipinski definition) is 3. The molecule has 1 heterocycles. The molecule has 3 nitrogen and oxygen atoms in total. The quantitative estimate of drug-likeness (QED) is 0.621. The van der Waals surface area contributed by atoms with E-state index in [1.165, 1.54) is 7.11 Å². The van der Waals surface area contributed by atoms with E-state index in [0.717, 1.165) is 28.3 Å². The average Bonchev–Trinajstić information content (AvgIpc) is 3.10. The molecule has 1 N–H and O–H groups in total. The van der Waals surface area contributed by atoms with Gasteiger partial charge in [-0.25, -0.2) is 4.79 Å². The van der Waals surface area contributed by atoms with Crippen molar-refractivity contribution in [2.75, 3.05) is 12.4 Å². The Morgan fingerprint density at radius 1 is 1.21 bits per heavy atom. The number of carbonyl (C=O) groups excluding carboxylic acids is 1. The first kappa shape index (κ1) is 15.3. The van der Waals surface area contributed by atoms with Crippen molar-refractivity contribution in [3.8, 4) is 0 Å². The molecule has 0 radical (unpaired) electrons. The molecule has 24 heavy (non-hydrogen) atoms. The molecule has 1 aliphatic heterocycles. The second kappa shape index (κ2) is 5.99. The summed E-state index contributed by atoms with van der Waals surface area (Å²) >= 11 is 6.44. The number of ether oxygens (including phenoxy) is 1. The summed E-state index contributed by atoms with van der Waals surface area (Å²) in [6, 6.07) is 13.9. The summed E-state index contributed by atoms with van der Waals surface area (Å²) in [7, 11) is 1.41. The molecule has 0 amide bonds. The summed E-state index contributed by atoms with van der Waals surface area (Å²) in [5.74, 6) is 0.377. The summed E-state index contributed by atoms with van der Waals surface area (Å²) in [5, 5.41) is 4.42. The maximum Gasteiger partial charge on any atom is 0.337 e. The number of halogens is 1. The summed E-state index contributed by atoms with van der Waals surface area (Å²) in [6.07, 6.45) is 5.46. The third-order valence-corrected chi connectivity index (χ3v) is 5.37. The SMILES string of the molecule is COC(=O)c1ccc2c(c1)[C@@H]1C=CC[C@H]1[C@@H](c1ccccc1Cl)N2. The Bertz CT molecular complexity index is 830. The smallest absolute Gasteiger partial charge is 0.337 e. The van der Waals surface area contributed by atoms with E-state index in [-0.39, 0.29) is 17.9 Å². The van der Waals surface area contributed by atoms with Crippen LogP contribution in [0.25, 0.3) is 0 Å². The fourth-order valence-corrected chi connectivity index (χ4v) is 4.13. The Hall–Kier alpha value is -2.26. The number of nitrogens with one attached hydrogen (secondary N) is 1. The van der Waals surface area contributed by atoms with Gasteiger partial charge in [0.15, 0.2) is 0 Å². The topological polar surface area (TPSA) is 38.3 Å². The Morgan fingerprint density at radius 3 is 2.83 bits per heavy atom. The van der Waals surface area contributed by atoms with E-state index in [1.54, 1.807) is 6.07 Å². The normalized spacial score (nSPS) is 24.0. The van der Waals surface area contributed by atoms with Crippen LogP contribution in [0.1, 0.15) is 39.9 Å². The number of benzene rings is 2. The second-order valence-electron chi connectivity index (χ2n) is 6.29. The van der Waals surface area contributed by atoms with E-state index in [0.29, 0.717) is 11.5 Å². The van der Waals surface area contributed by atoms with E-state index < -0.39 is 0 Å². The highest BCUT2D eigenvalue weighted by Gasteiger charge is 2.38. The predicted molar refractivity (Wildman–Crippen MR) is 95.6 cm³/mol. The molecule has 2 aromatic carbocycles. The molecule has 2 aliphatic rings. The molecular weight excluding hydrogens is 322 g/mol. The molecule has 4 heteroatoms. The molecule has 0 bridgehead atoms. The maximum absolute atomic E-state index is 11.8. The lowest BCUT2D eigenvalue weighted by Gasteiger charge is -2.38. The number of fused-ring (bicyclic) bond motifs is 3. The largest absolute Gasteiger partial charge is 0.465 e. The van der Waals surface area contributed by atoms with Crippen LogP contribution in [0.4, 0.5) is 5.69 Å². The second-order valence-corrected chi connectivity index (χ2v) is 6.70. The highest BCUT2D eigenvalue weighted by atomic mass is 35.5. The average molecular weight is 340 g/mol. The van der Waals surface area contributed by atoms with E-state index in [1.807, 2.05) is 30.3 Å². The minimum Gasteiger partial charge on any atom is -0.465 e. The zero-order chi connectivity index (χ0) is 16.7. The van der Waals surface area contributed by atoms with Crippen LogP contribution >= 0.6 is 11.6 Å². The lowest BCUT2D eigenvalue weighted by Crippen LogP contribution is -2.29. The van der Waals surface area contributed by atoms with Gasteiger partial charge in [0.2, 0.25) is 0 Å². The van der Waals surface area contributed by atoms with Crippen LogP contribution in [0.15, 0.2) is 54.6 Å². The summed E-state index contributed by atoms with van der Waals surface area (Å²) in [6.45, 7) is 0. The number of carbonyl (C=O) groups is 1. The summed E-state index contributed by atoms with van der Waals surface area (Å²) in [4.78, 5) is 11.8. The number of anilines is 1. The zero-order valence-corrected chi connectivity index (χ0v) is 14.1. The predicted octanol–water partition coefficient (Wildman–Crippen LogP) is 4.95. The van der Waals surface area contributed by atoms with Gasteiger partial charge in [0.05, 0.1) is 18.7 Å². The third kappa shape index (κ3) is 2.40. The first-order valence-electron chi connectivity index (χ1n) is 8.09. The van der Waals surface area contributed by atoms with Gasteiger partial charge in [-0.2, -0.15) is 0 Å². The Kier molecular flexibility index (Phi) is 3.81. The first-order valence-corrected chi connectivity index (χ1v) is 8.46. The van der Waals surface area contributed by atoms with Crippen molar-refractivity contribution < 1.29 is 9.53 Å². The van der Waals surface area contributed by atoms with Crippen molar-refractivity contribution in [1.82, 2.24) is 0 Å². The number of allylic oxidation sites excluding steroid dienone is 2. The van der Waals surface area contributed by atoms with Crippen LogP contribution in [-0.2, 0) is 4.74 Å². The van der Waals surface area contributed by atoms with Crippen LogP contribution in [0.2, 0.25) is 5.02 Å². The molecule has 0 unspecified atom stereocenters. The van der Waals surface area contributed by atoms with Gasteiger partial charge in [-0.1, -0.05) is 42.0 Å². The molecule has 0 saturated heterocycles. The van der Waals surface area contributed by atoms with Gasteiger partial charge in [0.1, 0.15) is 0 Å². The van der Waals surface area contributed by atoms with Crippen molar-refractivity contribution in [2.45, 2.75) is 18.4 Å². The number of methoxy groups -OCH3 is 1. The van der Waals surface area contributed by atoms with Gasteiger partial charge in [-0.05, 0) is 47.7 Å². The van der Waals surface area contributed by atoms with Crippen molar-refractivity contribution in [1.29, 1.82) is 0 Å². The molecule has 3 atom stereocenters. The lowest BCUT2D eigenvalue weighted by molar-refractivity contribution is 0.0600. The molecule has 0 aromatic heterocycles. The minimum absolute atomic E-state index is 0.162. The molecule has 2 aromatic rings. The van der Waals surface area contributed by atoms with Crippen molar-refractivity contribution in [3.63, 3.8) is 0 Å². The van der Waals surface area contributed by atoms with Crippen LogP contribution in [-0.4, -0.2) is 13.1 Å². The minimum atomic E-state index is -0.301. The van der Waals surface area contributed by atoms with Gasteiger partial charge in [0.25, 0.3) is 0 Å². The monoisotopic (exact) mass is 339 g/mol. The van der Waals surface area contributed by atoms with Gasteiger partial charge in [0, 0.05) is 16.6 Å². The van der Waals surface area contributed by atoms with Gasteiger partial charge >= 0.3 is 5.97 Å². The molecule has 0 fully saturated rings. The van der Waals surface area contributed by atoms with E-state index in [4.69, 9.17) is 16.3 Å². The van der Waals surface area contributed by atoms with Gasteiger partial charge in [-0.15, -0.1) is 0 Å². The van der Waals surface area contributed by atoms with Crippen LogP contribution in [0, 0.1) is 5.92 Å². The summed E-state index contributed by atoms with van der Waals surface area (Å²) < 4.78 is 4.85. The van der Waals surface area contributed by atoms with Crippen molar-refractivity contribution in [3.05, 3.63) is 76.3 Å². The fourth-order valence-electron chi connectivity index (χ4n) is 3.87. The van der Waals surface area contributed by atoms with E-state index in [9.17, 15) is 4.79 Å². The fraction of sp³-hybridized carbons (Fsp3) is 0.250. The maximum atomic E-state index is 11.8. The lowest BCUT2D eigenvalue weighted by atomic mass is 9.76. The number of esters is 1. The Balaban J connectivity index is 1.78. The number of hydrogen-bond donors (Lipinski definition) is 1. The van der Waals surface area contributed by atoms with Gasteiger partial charge in [-0.3, -0.25) is 0 Å². The molecule has 122 valence electrons. The summed E-state index contributed by atoms with van der Waals surface area (Å²) in [5.41, 5.74) is 3.93. The van der Waals surface area contributed by atoms with Crippen LogP contribution in [0.5, 0.6) is 0 Å². The molecule has 0 saturated carbocycles.